The molecule has 0 aliphatic heterocycles. The molecular weight excluding hydrogens is 358 g/mol. The van der Waals surface area contributed by atoms with Crippen molar-refractivity contribution < 1.29 is 14.3 Å². The number of methoxy groups -OCH3 is 1. The molecule has 4 nitrogen and oxygen atoms in total. The molecule has 0 spiro atoms. The SMILES string of the molecule is COc1cccc(O[C@@H](C)C(=O)NCCSCc2cccc(Cl)c2)c1. The monoisotopic (exact) mass is 379 g/mol. The first kappa shape index (κ1) is 19.5. The van der Waals surface area contributed by atoms with Crippen LogP contribution in [0.15, 0.2) is 48.5 Å². The van der Waals surface area contributed by atoms with Crippen molar-refractivity contribution in [1.82, 2.24) is 5.32 Å². The zero-order chi connectivity index (χ0) is 18.1. The number of halogens is 1. The quantitative estimate of drug-likeness (QED) is 0.664. The molecule has 1 N–H and O–H groups in total. The van der Waals surface area contributed by atoms with Gasteiger partial charge in [0.25, 0.3) is 5.91 Å². The molecule has 0 saturated heterocycles. The minimum Gasteiger partial charge on any atom is -0.497 e. The number of hydrogen-bond acceptors (Lipinski definition) is 4. The van der Waals surface area contributed by atoms with Crippen LogP contribution >= 0.6 is 23.4 Å². The number of ether oxygens (including phenoxy) is 2. The molecule has 25 heavy (non-hydrogen) atoms. The third kappa shape index (κ3) is 6.88. The number of thioether (sulfide) groups is 1. The Morgan fingerprint density at radius 3 is 2.72 bits per heavy atom. The van der Waals surface area contributed by atoms with Gasteiger partial charge < -0.3 is 14.8 Å². The lowest BCUT2D eigenvalue weighted by Gasteiger charge is -2.15. The number of benzene rings is 2. The topological polar surface area (TPSA) is 47.6 Å². The molecule has 1 atom stereocenters. The Labute approximate surface area is 157 Å². The van der Waals surface area contributed by atoms with E-state index in [1.807, 2.05) is 36.4 Å². The Morgan fingerprint density at radius 1 is 1.20 bits per heavy atom. The molecule has 2 aromatic carbocycles. The van der Waals surface area contributed by atoms with Gasteiger partial charge in [0, 0.05) is 29.1 Å². The molecule has 134 valence electrons. The van der Waals surface area contributed by atoms with E-state index >= 15 is 0 Å². The number of carbonyl (C=O) groups is 1. The summed E-state index contributed by atoms with van der Waals surface area (Å²) in [6.45, 7) is 2.32. The highest BCUT2D eigenvalue weighted by Gasteiger charge is 2.14. The highest BCUT2D eigenvalue weighted by molar-refractivity contribution is 7.98. The molecular formula is C19H22ClNO3S. The Morgan fingerprint density at radius 2 is 1.96 bits per heavy atom. The Hall–Kier alpha value is -1.85. The minimum absolute atomic E-state index is 0.133. The van der Waals surface area contributed by atoms with Gasteiger partial charge in [0.05, 0.1) is 7.11 Å². The third-order valence-corrected chi connectivity index (χ3v) is 4.69. The van der Waals surface area contributed by atoms with Gasteiger partial charge in [-0.1, -0.05) is 29.8 Å². The van der Waals surface area contributed by atoms with Crippen LogP contribution in [0.1, 0.15) is 12.5 Å². The van der Waals surface area contributed by atoms with Crippen LogP contribution in [0.3, 0.4) is 0 Å². The van der Waals surface area contributed by atoms with E-state index in [1.165, 1.54) is 5.56 Å². The minimum atomic E-state index is -0.565. The van der Waals surface area contributed by atoms with Crippen LogP contribution in [0.5, 0.6) is 11.5 Å². The summed E-state index contributed by atoms with van der Waals surface area (Å²) in [6.07, 6.45) is -0.565. The van der Waals surface area contributed by atoms with E-state index < -0.39 is 6.10 Å². The summed E-state index contributed by atoms with van der Waals surface area (Å²) in [4.78, 5) is 12.1. The van der Waals surface area contributed by atoms with Gasteiger partial charge in [-0.15, -0.1) is 0 Å². The fraction of sp³-hybridized carbons (Fsp3) is 0.316. The van der Waals surface area contributed by atoms with Gasteiger partial charge in [0.1, 0.15) is 11.5 Å². The smallest absolute Gasteiger partial charge is 0.260 e. The third-order valence-electron chi connectivity index (χ3n) is 3.43. The van der Waals surface area contributed by atoms with Gasteiger partial charge in [-0.05, 0) is 36.8 Å². The van der Waals surface area contributed by atoms with Crippen molar-refractivity contribution in [2.45, 2.75) is 18.8 Å². The van der Waals surface area contributed by atoms with Crippen molar-refractivity contribution in [2.75, 3.05) is 19.4 Å². The summed E-state index contributed by atoms with van der Waals surface area (Å²) >= 11 is 7.71. The van der Waals surface area contributed by atoms with E-state index in [0.717, 1.165) is 16.5 Å². The average Bonchev–Trinajstić information content (AvgIpc) is 2.61. The van der Waals surface area contributed by atoms with Crippen molar-refractivity contribution in [2.24, 2.45) is 0 Å². The zero-order valence-corrected chi connectivity index (χ0v) is 15.9. The number of amides is 1. The summed E-state index contributed by atoms with van der Waals surface area (Å²) < 4.78 is 10.8. The Balaban J connectivity index is 1.67. The number of carbonyl (C=O) groups excluding carboxylic acids is 1. The second kappa shape index (κ2) is 10.2. The normalized spacial score (nSPS) is 11.6. The molecule has 2 aromatic rings. The van der Waals surface area contributed by atoms with Crippen molar-refractivity contribution in [1.29, 1.82) is 0 Å². The van der Waals surface area contributed by atoms with Crippen molar-refractivity contribution in [3.8, 4) is 11.5 Å². The fourth-order valence-electron chi connectivity index (χ4n) is 2.14. The van der Waals surface area contributed by atoms with E-state index in [2.05, 4.69) is 5.32 Å². The van der Waals surface area contributed by atoms with Crippen LogP contribution in [0, 0.1) is 0 Å². The van der Waals surface area contributed by atoms with Crippen molar-refractivity contribution in [3.63, 3.8) is 0 Å². The molecule has 0 aliphatic carbocycles. The van der Waals surface area contributed by atoms with E-state index in [4.69, 9.17) is 21.1 Å². The second-order valence-corrected chi connectivity index (χ2v) is 6.95. The van der Waals surface area contributed by atoms with Crippen LogP contribution in [0.25, 0.3) is 0 Å². The molecule has 0 bridgehead atoms. The molecule has 0 unspecified atom stereocenters. The van der Waals surface area contributed by atoms with E-state index in [1.54, 1.807) is 37.9 Å². The standard InChI is InChI=1S/C19H22ClNO3S/c1-14(24-18-8-4-7-17(12-18)23-2)19(22)21-9-10-25-13-15-5-3-6-16(20)11-15/h3-8,11-12,14H,9-10,13H2,1-2H3,(H,21,22)/t14-/m0/s1. The van der Waals surface area contributed by atoms with E-state index in [9.17, 15) is 4.79 Å². The van der Waals surface area contributed by atoms with Gasteiger partial charge in [-0.2, -0.15) is 11.8 Å². The molecule has 6 heteroatoms. The van der Waals surface area contributed by atoms with Crippen molar-refractivity contribution in [3.05, 3.63) is 59.1 Å². The lowest BCUT2D eigenvalue weighted by atomic mass is 10.2. The van der Waals surface area contributed by atoms with Gasteiger partial charge in [-0.25, -0.2) is 0 Å². The largest absolute Gasteiger partial charge is 0.497 e. The van der Waals surface area contributed by atoms with Crippen LogP contribution in [-0.4, -0.2) is 31.4 Å². The Kier molecular flexibility index (Phi) is 7.95. The summed E-state index contributed by atoms with van der Waals surface area (Å²) in [5.74, 6) is 2.86. The zero-order valence-electron chi connectivity index (χ0n) is 14.3. The van der Waals surface area contributed by atoms with Gasteiger partial charge >= 0.3 is 0 Å². The molecule has 0 saturated carbocycles. The number of hydrogen-bond donors (Lipinski definition) is 1. The number of nitrogens with one attached hydrogen (secondary N) is 1. The van der Waals surface area contributed by atoms with Crippen LogP contribution in [-0.2, 0) is 10.5 Å². The molecule has 1 amide bonds. The fourth-order valence-corrected chi connectivity index (χ4v) is 3.16. The first-order valence-electron chi connectivity index (χ1n) is 7.99. The number of rotatable bonds is 9. The maximum atomic E-state index is 12.1. The summed E-state index contributed by atoms with van der Waals surface area (Å²) in [5.41, 5.74) is 1.18. The first-order valence-corrected chi connectivity index (χ1v) is 9.52. The summed E-state index contributed by atoms with van der Waals surface area (Å²) in [5, 5.41) is 3.63. The molecule has 0 aromatic heterocycles. The lowest BCUT2D eigenvalue weighted by Crippen LogP contribution is -2.37. The molecule has 2 rings (SSSR count). The predicted octanol–water partition coefficient (Wildman–Crippen LogP) is 4.17. The molecule has 0 radical (unpaired) electrons. The maximum absolute atomic E-state index is 12.1. The van der Waals surface area contributed by atoms with Gasteiger partial charge in [0.15, 0.2) is 6.10 Å². The van der Waals surface area contributed by atoms with Crippen LogP contribution in [0.2, 0.25) is 5.02 Å². The van der Waals surface area contributed by atoms with Gasteiger partial charge in [0.2, 0.25) is 0 Å². The second-order valence-electron chi connectivity index (χ2n) is 5.41. The summed E-state index contributed by atoms with van der Waals surface area (Å²) in [6, 6.07) is 15.0. The van der Waals surface area contributed by atoms with E-state index in [-0.39, 0.29) is 5.91 Å². The van der Waals surface area contributed by atoms with Crippen molar-refractivity contribution >= 4 is 29.3 Å². The molecule has 0 heterocycles. The van der Waals surface area contributed by atoms with Crippen LogP contribution in [0.4, 0.5) is 0 Å². The first-order chi connectivity index (χ1) is 12.1. The van der Waals surface area contributed by atoms with Crippen LogP contribution < -0.4 is 14.8 Å². The molecule has 0 aliphatic rings. The average molecular weight is 380 g/mol. The van der Waals surface area contributed by atoms with E-state index in [0.29, 0.717) is 18.0 Å². The molecule has 0 fully saturated rings. The summed E-state index contributed by atoms with van der Waals surface area (Å²) in [7, 11) is 1.59. The highest BCUT2D eigenvalue weighted by atomic mass is 35.5. The lowest BCUT2D eigenvalue weighted by molar-refractivity contribution is -0.127. The van der Waals surface area contributed by atoms with Gasteiger partial charge in [-0.3, -0.25) is 4.79 Å². The Bertz CT molecular complexity index is 696. The highest BCUT2D eigenvalue weighted by Crippen LogP contribution is 2.20. The maximum Gasteiger partial charge on any atom is 0.260 e. The predicted molar refractivity (Wildman–Crippen MR) is 104 cm³/mol.